The van der Waals surface area contributed by atoms with Crippen molar-refractivity contribution in [1.29, 1.82) is 0 Å². The summed E-state index contributed by atoms with van der Waals surface area (Å²) in [6.45, 7) is 12.8. The van der Waals surface area contributed by atoms with Crippen LogP contribution >= 0.6 is 11.8 Å². The normalized spacial score (nSPS) is 13.9. The van der Waals surface area contributed by atoms with Crippen LogP contribution in [0.4, 0.5) is 0 Å². The zero-order valence-corrected chi connectivity index (χ0v) is 16.7. The minimum absolute atomic E-state index is 0.0318. The lowest BCUT2D eigenvalue weighted by atomic mass is 10.0. The molecule has 2 atom stereocenters. The molecule has 2 rings (SSSR count). The SMILES string of the molecule is Cc1cc(C)c(SC(c2c(C)cc(C)cc2C)S(C)=O)c(C)c1. The molecule has 0 fully saturated rings. The first-order chi connectivity index (χ1) is 10.7. The van der Waals surface area contributed by atoms with Crippen LogP contribution in [-0.2, 0) is 10.8 Å². The van der Waals surface area contributed by atoms with Crippen molar-refractivity contribution in [3.05, 3.63) is 63.2 Å². The van der Waals surface area contributed by atoms with E-state index in [9.17, 15) is 4.21 Å². The molecule has 0 aliphatic rings. The molecule has 0 heterocycles. The molecule has 0 spiro atoms. The average molecular weight is 347 g/mol. The second-order valence-electron chi connectivity index (χ2n) is 6.49. The summed E-state index contributed by atoms with van der Waals surface area (Å²) in [7, 11) is -0.941. The van der Waals surface area contributed by atoms with E-state index in [1.165, 1.54) is 43.8 Å². The van der Waals surface area contributed by atoms with Gasteiger partial charge < -0.3 is 0 Å². The molecule has 23 heavy (non-hydrogen) atoms. The van der Waals surface area contributed by atoms with Gasteiger partial charge in [0.2, 0.25) is 0 Å². The van der Waals surface area contributed by atoms with Gasteiger partial charge in [0.25, 0.3) is 0 Å². The van der Waals surface area contributed by atoms with Gasteiger partial charge in [-0.25, -0.2) is 0 Å². The lowest BCUT2D eigenvalue weighted by molar-refractivity contribution is 0.685. The van der Waals surface area contributed by atoms with Crippen LogP contribution in [-0.4, -0.2) is 10.5 Å². The Balaban J connectivity index is 2.52. The van der Waals surface area contributed by atoms with Gasteiger partial charge in [0, 0.05) is 22.0 Å². The first-order valence-electron chi connectivity index (χ1n) is 7.85. The van der Waals surface area contributed by atoms with Crippen molar-refractivity contribution in [3.63, 3.8) is 0 Å². The summed E-state index contributed by atoms with van der Waals surface area (Å²) < 4.78 is 12.5. The minimum Gasteiger partial charge on any atom is -0.258 e. The Morgan fingerprint density at radius 1 is 0.783 bits per heavy atom. The largest absolute Gasteiger partial charge is 0.258 e. The lowest BCUT2D eigenvalue weighted by Gasteiger charge is -2.22. The summed E-state index contributed by atoms with van der Waals surface area (Å²) in [6, 6.07) is 8.80. The Bertz CT molecular complexity index is 716. The quantitative estimate of drug-likeness (QED) is 0.660. The van der Waals surface area contributed by atoms with Crippen molar-refractivity contribution in [3.8, 4) is 0 Å². The number of aryl methyl sites for hydroxylation is 6. The minimum atomic E-state index is -0.941. The van der Waals surface area contributed by atoms with Crippen LogP contribution in [0, 0.1) is 41.5 Å². The van der Waals surface area contributed by atoms with Crippen molar-refractivity contribution in [2.75, 3.05) is 6.26 Å². The third-order valence-corrected chi connectivity index (χ3v) is 7.37. The highest BCUT2D eigenvalue weighted by Gasteiger charge is 2.23. The predicted octanol–water partition coefficient (Wildman–Crippen LogP) is 5.71. The van der Waals surface area contributed by atoms with Gasteiger partial charge >= 0.3 is 0 Å². The van der Waals surface area contributed by atoms with E-state index in [-0.39, 0.29) is 4.58 Å². The molecule has 2 unspecified atom stereocenters. The van der Waals surface area contributed by atoms with Crippen LogP contribution in [0.15, 0.2) is 29.2 Å². The molecule has 0 N–H and O–H groups in total. The van der Waals surface area contributed by atoms with E-state index in [4.69, 9.17) is 0 Å². The van der Waals surface area contributed by atoms with Gasteiger partial charge in [0.05, 0.1) is 0 Å². The second-order valence-corrected chi connectivity index (χ2v) is 9.37. The molecule has 0 amide bonds. The molecule has 2 aromatic carbocycles. The fourth-order valence-corrected chi connectivity index (χ4v) is 6.04. The summed E-state index contributed by atoms with van der Waals surface area (Å²) >= 11 is 1.75. The smallest absolute Gasteiger partial charge is 0.110 e. The van der Waals surface area contributed by atoms with Crippen molar-refractivity contribution >= 4 is 22.6 Å². The van der Waals surface area contributed by atoms with Crippen molar-refractivity contribution < 1.29 is 4.21 Å². The molecule has 0 bridgehead atoms. The van der Waals surface area contributed by atoms with Crippen LogP contribution in [0.25, 0.3) is 0 Å². The third-order valence-electron chi connectivity index (χ3n) is 4.10. The van der Waals surface area contributed by atoms with Gasteiger partial charge in [-0.1, -0.05) is 35.4 Å². The van der Waals surface area contributed by atoms with Crippen LogP contribution in [0.3, 0.4) is 0 Å². The molecule has 0 saturated heterocycles. The zero-order chi connectivity index (χ0) is 17.3. The predicted molar refractivity (Wildman–Crippen MR) is 104 cm³/mol. The van der Waals surface area contributed by atoms with Crippen LogP contribution < -0.4 is 0 Å². The van der Waals surface area contributed by atoms with E-state index in [0.29, 0.717) is 0 Å². The Morgan fingerprint density at radius 2 is 1.17 bits per heavy atom. The number of rotatable bonds is 4. The Kier molecular flexibility index (Phi) is 5.74. The molecule has 0 radical (unpaired) electrons. The molecule has 0 saturated carbocycles. The van der Waals surface area contributed by atoms with Gasteiger partial charge in [0.15, 0.2) is 0 Å². The van der Waals surface area contributed by atoms with Gasteiger partial charge in [0.1, 0.15) is 4.58 Å². The standard InChI is InChI=1S/C20H26OS2/c1-12-8-14(3)18(15(4)9-12)20(23(7)21)22-19-16(5)10-13(2)11-17(19)6/h8-11,20H,1-7H3. The molecule has 0 aliphatic carbocycles. The summed E-state index contributed by atoms with van der Waals surface area (Å²) in [5, 5.41) is 0. The fraction of sp³-hybridized carbons (Fsp3) is 0.400. The first kappa shape index (κ1) is 18.3. The van der Waals surface area contributed by atoms with Gasteiger partial charge in [-0.05, 0) is 69.4 Å². The van der Waals surface area contributed by atoms with Crippen LogP contribution in [0.2, 0.25) is 0 Å². The summed E-state index contributed by atoms with van der Waals surface area (Å²) in [5.41, 5.74) is 8.77. The topological polar surface area (TPSA) is 17.1 Å². The molecule has 0 aromatic heterocycles. The number of thioether (sulfide) groups is 1. The number of hydrogen-bond acceptors (Lipinski definition) is 2. The van der Waals surface area contributed by atoms with Gasteiger partial charge in [-0.15, -0.1) is 11.8 Å². The zero-order valence-electron chi connectivity index (χ0n) is 15.1. The van der Waals surface area contributed by atoms with Crippen molar-refractivity contribution in [2.24, 2.45) is 0 Å². The number of hydrogen-bond donors (Lipinski definition) is 0. The molecular weight excluding hydrogens is 320 g/mol. The summed E-state index contributed by atoms with van der Waals surface area (Å²) in [5.74, 6) is 0. The first-order valence-corrected chi connectivity index (χ1v) is 10.3. The maximum absolute atomic E-state index is 12.5. The molecular formula is C20H26OS2. The van der Waals surface area contributed by atoms with E-state index < -0.39 is 10.8 Å². The monoisotopic (exact) mass is 346 g/mol. The van der Waals surface area contributed by atoms with Crippen molar-refractivity contribution in [1.82, 2.24) is 0 Å². The Labute approximate surface area is 147 Å². The third kappa shape index (κ3) is 4.07. The Morgan fingerprint density at radius 3 is 1.57 bits per heavy atom. The molecule has 2 aromatic rings. The van der Waals surface area contributed by atoms with Crippen LogP contribution in [0.1, 0.15) is 43.5 Å². The summed E-state index contributed by atoms with van der Waals surface area (Å²) in [6.07, 6.45) is 1.81. The van der Waals surface area contributed by atoms with E-state index >= 15 is 0 Å². The highest BCUT2D eigenvalue weighted by Crippen LogP contribution is 2.43. The molecule has 1 nitrogen and oxygen atoms in total. The van der Waals surface area contributed by atoms with Crippen molar-refractivity contribution in [2.45, 2.75) is 51.0 Å². The average Bonchev–Trinajstić information content (AvgIpc) is 2.38. The Hall–Kier alpha value is -1.06. The van der Waals surface area contributed by atoms with E-state index in [0.717, 1.165) is 0 Å². The summed E-state index contributed by atoms with van der Waals surface area (Å²) in [4.78, 5) is 1.26. The van der Waals surface area contributed by atoms with Gasteiger partial charge in [-0.2, -0.15) is 0 Å². The molecule has 3 heteroatoms. The van der Waals surface area contributed by atoms with E-state index in [2.05, 4.69) is 65.8 Å². The maximum Gasteiger partial charge on any atom is 0.110 e. The lowest BCUT2D eigenvalue weighted by Crippen LogP contribution is -2.07. The molecule has 124 valence electrons. The second kappa shape index (κ2) is 7.23. The van der Waals surface area contributed by atoms with E-state index in [1.54, 1.807) is 11.8 Å². The van der Waals surface area contributed by atoms with Gasteiger partial charge in [-0.3, -0.25) is 4.21 Å². The highest BCUT2D eigenvalue weighted by molar-refractivity contribution is 8.10. The number of benzene rings is 2. The van der Waals surface area contributed by atoms with E-state index in [1.807, 2.05) is 6.26 Å². The van der Waals surface area contributed by atoms with Crippen LogP contribution in [0.5, 0.6) is 0 Å². The highest BCUT2D eigenvalue weighted by atomic mass is 32.2. The molecule has 0 aliphatic heterocycles. The fourth-order valence-electron chi connectivity index (χ4n) is 3.32. The maximum atomic E-state index is 12.5.